The van der Waals surface area contributed by atoms with Gasteiger partial charge in [0, 0.05) is 25.8 Å². The summed E-state index contributed by atoms with van der Waals surface area (Å²) in [6, 6.07) is 25.0. The van der Waals surface area contributed by atoms with Crippen LogP contribution < -0.4 is 32.7 Å². The molecule has 0 fully saturated rings. The molecule has 4 aromatic rings. The highest BCUT2D eigenvalue weighted by molar-refractivity contribution is 5.95. The van der Waals surface area contributed by atoms with Gasteiger partial charge in [0.25, 0.3) is 0 Å². The van der Waals surface area contributed by atoms with Gasteiger partial charge in [-0.3, -0.25) is 19.2 Å². The molecular formula is C39H50N6O4. The van der Waals surface area contributed by atoms with E-state index in [1.165, 1.54) is 0 Å². The molecule has 4 rings (SSSR count). The molecule has 10 heteroatoms. The van der Waals surface area contributed by atoms with Crippen molar-refractivity contribution in [2.24, 2.45) is 11.5 Å². The topological polar surface area (TPSA) is 168 Å². The highest BCUT2D eigenvalue weighted by atomic mass is 16.2. The van der Waals surface area contributed by atoms with Crippen LogP contribution in [0.25, 0.3) is 21.5 Å². The van der Waals surface area contributed by atoms with Gasteiger partial charge in [-0.05, 0) is 77.9 Å². The lowest BCUT2D eigenvalue weighted by atomic mass is 9.99. The van der Waals surface area contributed by atoms with Crippen molar-refractivity contribution < 1.29 is 19.2 Å². The first-order chi connectivity index (χ1) is 23.8. The third kappa shape index (κ3) is 11.4. The van der Waals surface area contributed by atoms with Crippen LogP contribution >= 0.6 is 0 Å². The van der Waals surface area contributed by atoms with Gasteiger partial charge in [0.15, 0.2) is 0 Å². The summed E-state index contributed by atoms with van der Waals surface area (Å²) in [6.07, 6.45) is 3.87. The Labute approximate surface area is 288 Å². The lowest BCUT2D eigenvalue weighted by molar-refractivity contribution is -0.133. The van der Waals surface area contributed by atoms with E-state index < -0.39 is 29.9 Å². The SMILES string of the molecule is CCC(NC(=O)CCCCN)C(=O)NC(Cc1ccc2ccccc2c1)C(=O)NC(Cc1ccc2ccccc2c1)C(=O)NCCCCN. The number of unbranched alkanes of at least 4 members (excludes halogenated alkanes) is 2. The van der Waals surface area contributed by atoms with Crippen molar-refractivity contribution in [3.05, 3.63) is 96.1 Å². The van der Waals surface area contributed by atoms with Gasteiger partial charge in [0.1, 0.15) is 18.1 Å². The van der Waals surface area contributed by atoms with E-state index in [0.29, 0.717) is 38.9 Å². The largest absolute Gasteiger partial charge is 0.354 e. The molecule has 3 atom stereocenters. The second kappa shape index (κ2) is 19.3. The van der Waals surface area contributed by atoms with E-state index in [9.17, 15) is 19.2 Å². The summed E-state index contributed by atoms with van der Waals surface area (Å²) in [4.78, 5) is 53.8. The molecule has 8 N–H and O–H groups in total. The van der Waals surface area contributed by atoms with Gasteiger partial charge in [0.05, 0.1) is 0 Å². The molecule has 0 radical (unpaired) electrons. The van der Waals surface area contributed by atoms with E-state index in [1.54, 1.807) is 6.92 Å². The lowest BCUT2D eigenvalue weighted by Crippen LogP contribution is -2.57. The van der Waals surface area contributed by atoms with Crippen LogP contribution in [0.1, 0.15) is 56.6 Å². The first kappa shape index (κ1) is 37.0. The predicted octanol–water partition coefficient (Wildman–Crippen LogP) is 3.63. The van der Waals surface area contributed by atoms with E-state index in [1.807, 2.05) is 84.9 Å². The molecular weight excluding hydrogens is 616 g/mol. The van der Waals surface area contributed by atoms with Crippen LogP contribution in [0, 0.1) is 0 Å². The van der Waals surface area contributed by atoms with Gasteiger partial charge in [0.2, 0.25) is 23.6 Å². The Morgan fingerprint density at radius 2 is 1.06 bits per heavy atom. The van der Waals surface area contributed by atoms with Gasteiger partial charge in [-0.15, -0.1) is 0 Å². The van der Waals surface area contributed by atoms with Crippen LogP contribution in [-0.4, -0.2) is 61.4 Å². The molecule has 0 aliphatic heterocycles. The highest BCUT2D eigenvalue weighted by Gasteiger charge is 2.29. The first-order valence-electron chi connectivity index (χ1n) is 17.3. The molecule has 0 heterocycles. The first-order valence-corrected chi connectivity index (χ1v) is 17.3. The fraction of sp³-hybridized carbons (Fsp3) is 0.385. The van der Waals surface area contributed by atoms with Crippen molar-refractivity contribution in [1.82, 2.24) is 21.3 Å². The fourth-order valence-electron chi connectivity index (χ4n) is 5.82. The minimum atomic E-state index is -1.01. The third-order valence-electron chi connectivity index (χ3n) is 8.62. The predicted molar refractivity (Wildman–Crippen MR) is 196 cm³/mol. The molecule has 0 saturated carbocycles. The Morgan fingerprint density at radius 1 is 0.571 bits per heavy atom. The van der Waals surface area contributed by atoms with E-state index >= 15 is 0 Å². The molecule has 260 valence electrons. The summed E-state index contributed by atoms with van der Waals surface area (Å²) in [5, 5.41) is 15.8. The van der Waals surface area contributed by atoms with E-state index in [0.717, 1.165) is 45.5 Å². The number of hydrogen-bond acceptors (Lipinski definition) is 6. The average Bonchev–Trinajstić information content (AvgIpc) is 3.11. The highest BCUT2D eigenvalue weighted by Crippen LogP contribution is 2.19. The van der Waals surface area contributed by atoms with Crippen molar-refractivity contribution >= 4 is 45.2 Å². The average molecular weight is 667 g/mol. The normalized spacial score (nSPS) is 13.0. The minimum absolute atomic E-state index is 0.185. The quantitative estimate of drug-likeness (QED) is 0.0836. The number of benzene rings is 4. The summed E-state index contributed by atoms with van der Waals surface area (Å²) in [6.45, 7) is 3.25. The van der Waals surface area contributed by atoms with Gasteiger partial charge in [-0.1, -0.05) is 91.9 Å². The molecule has 49 heavy (non-hydrogen) atoms. The summed E-state index contributed by atoms with van der Waals surface area (Å²) < 4.78 is 0. The fourth-order valence-corrected chi connectivity index (χ4v) is 5.82. The van der Waals surface area contributed by atoms with Crippen molar-refractivity contribution in [2.75, 3.05) is 19.6 Å². The molecule has 4 aromatic carbocycles. The zero-order chi connectivity index (χ0) is 35.0. The standard InChI is InChI=1S/C39H50N6O4/c1-2-33(43-36(46)15-7-8-20-40)38(48)45-35(26-28-17-19-30-12-4-6-14-32(30)24-28)39(49)44-34(37(47)42-22-10-9-21-41)25-27-16-18-29-11-3-5-13-31(29)23-27/h3-6,11-14,16-19,23-24,33-35H,2,7-10,15,20-22,25-26,40-41H2,1H3,(H,42,47)(H,43,46)(H,44,49)(H,45,48). The third-order valence-corrected chi connectivity index (χ3v) is 8.62. The summed E-state index contributed by atoms with van der Waals surface area (Å²) >= 11 is 0. The molecule has 10 nitrogen and oxygen atoms in total. The second-order valence-corrected chi connectivity index (χ2v) is 12.5. The van der Waals surface area contributed by atoms with Gasteiger partial charge < -0.3 is 32.7 Å². The van der Waals surface area contributed by atoms with Crippen molar-refractivity contribution in [3.8, 4) is 0 Å². The summed E-state index contributed by atoms with van der Waals surface area (Å²) in [7, 11) is 0. The van der Waals surface area contributed by atoms with Crippen LogP contribution in [0.4, 0.5) is 0 Å². The molecule has 0 aliphatic carbocycles. The Hall–Kier alpha value is -4.80. The molecule has 0 aromatic heterocycles. The number of nitrogens with two attached hydrogens (primary N) is 2. The van der Waals surface area contributed by atoms with E-state index in [4.69, 9.17) is 11.5 Å². The maximum Gasteiger partial charge on any atom is 0.243 e. The van der Waals surface area contributed by atoms with E-state index in [2.05, 4.69) is 21.3 Å². The van der Waals surface area contributed by atoms with Gasteiger partial charge in [-0.25, -0.2) is 0 Å². The van der Waals surface area contributed by atoms with Crippen LogP contribution in [0.3, 0.4) is 0 Å². The number of hydrogen-bond donors (Lipinski definition) is 6. The maximum atomic E-state index is 14.1. The number of fused-ring (bicyclic) bond motifs is 2. The summed E-state index contributed by atoms with van der Waals surface area (Å²) in [5.41, 5.74) is 12.9. The molecule has 3 unspecified atom stereocenters. The molecule has 0 bridgehead atoms. The minimum Gasteiger partial charge on any atom is -0.354 e. The van der Waals surface area contributed by atoms with Crippen molar-refractivity contribution in [2.45, 2.75) is 76.4 Å². The molecule has 4 amide bonds. The Bertz CT molecular complexity index is 1710. The maximum absolute atomic E-state index is 14.1. The molecule has 0 spiro atoms. The Balaban J connectivity index is 1.57. The van der Waals surface area contributed by atoms with Crippen LogP contribution in [0.15, 0.2) is 84.9 Å². The number of carbonyl (C=O) groups excluding carboxylic acids is 4. The lowest BCUT2D eigenvalue weighted by Gasteiger charge is -2.25. The Kier molecular flexibility index (Phi) is 14.6. The van der Waals surface area contributed by atoms with Gasteiger partial charge in [-0.2, -0.15) is 0 Å². The van der Waals surface area contributed by atoms with Gasteiger partial charge >= 0.3 is 0 Å². The second-order valence-electron chi connectivity index (χ2n) is 12.5. The Morgan fingerprint density at radius 3 is 1.59 bits per heavy atom. The van der Waals surface area contributed by atoms with Crippen LogP contribution in [0.2, 0.25) is 0 Å². The van der Waals surface area contributed by atoms with Crippen LogP contribution in [-0.2, 0) is 32.0 Å². The monoisotopic (exact) mass is 666 g/mol. The molecule has 0 aliphatic rings. The van der Waals surface area contributed by atoms with E-state index in [-0.39, 0.29) is 31.1 Å². The van der Waals surface area contributed by atoms with Crippen molar-refractivity contribution in [1.29, 1.82) is 0 Å². The zero-order valence-electron chi connectivity index (χ0n) is 28.4. The summed E-state index contributed by atoms with van der Waals surface area (Å²) in [5.74, 6) is -1.51. The number of nitrogens with one attached hydrogen (secondary N) is 4. The van der Waals surface area contributed by atoms with Crippen LogP contribution in [0.5, 0.6) is 0 Å². The number of carbonyl (C=O) groups is 4. The zero-order valence-corrected chi connectivity index (χ0v) is 28.4. The number of amides is 4. The van der Waals surface area contributed by atoms with Crippen molar-refractivity contribution in [3.63, 3.8) is 0 Å². The smallest absolute Gasteiger partial charge is 0.243 e. The molecule has 0 saturated heterocycles. The number of rotatable bonds is 19.